The van der Waals surface area contributed by atoms with Crippen LogP contribution in [0.4, 0.5) is 4.11 Å². The Hall–Kier alpha value is -1.33. The molecule has 1 aromatic carbocycles. The van der Waals surface area contributed by atoms with Gasteiger partial charge in [-0.15, -0.1) is 11.8 Å². The first-order valence-corrected chi connectivity index (χ1v) is 16.3. The van der Waals surface area contributed by atoms with Crippen molar-refractivity contribution < 1.29 is 49.0 Å². The van der Waals surface area contributed by atoms with Crippen molar-refractivity contribution in [2.75, 3.05) is 12.4 Å². The smallest absolute Gasteiger partial charge is 0.288 e. The highest BCUT2D eigenvalue weighted by Gasteiger charge is 2.56. The molecule has 2 aliphatic heterocycles. The van der Waals surface area contributed by atoms with E-state index in [1.54, 1.807) is 24.3 Å². The number of hydrogen-bond donors (Lipinski definition) is 6. The summed E-state index contributed by atoms with van der Waals surface area (Å²) in [6.45, 7) is 10.8. The second-order valence-electron chi connectivity index (χ2n) is 12.5. The summed E-state index contributed by atoms with van der Waals surface area (Å²) >= 11 is 1.28. The molecule has 6 unspecified atom stereocenters. The number of azide groups is 1. The van der Waals surface area contributed by atoms with Crippen LogP contribution in [0.5, 0.6) is 0 Å². The number of halogens is 1. The predicted molar refractivity (Wildman–Crippen MR) is 152 cm³/mol. The van der Waals surface area contributed by atoms with Gasteiger partial charge in [-0.25, -0.2) is 0 Å². The second-order valence-corrected chi connectivity index (χ2v) is 18.5. The predicted octanol–water partition coefficient (Wildman–Crippen LogP) is 1.44. The first-order chi connectivity index (χ1) is 19.0. The highest BCUT2D eigenvalue weighted by Crippen LogP contribution is 2.51. The lowest BCUT2D eigenvalue weighted by atomic mass is 9.97. The zero-order chi connectivity index (χ0) is 30.9. The Bertz CT molecular complexity index is 1050. The van der Waals surface area contributed by atoms with Crippen molar-refractivity contribution >= 4 is 25.4 Å². The summed E-state index contributed by atoms with van der Waals surface area (Å²) in [6.07, 6.45) is -15.0. The number of rotatable bonds is 8. The van der Waals surface area contributed by atoms with Crippen LogP contribution in [0.25, 0.3) is 10.4 Å². The molecule has 0 aromatic heterocycles. The molecule has 10 atom stereocenters. The van der Waals surface area contributed by atoms with Crippen LogP contribution in [0.2, 0.25) is 10.1 Å². The Morgan fingerprint density at radius 2 is 1.49 bits per heavy atom. The Morgan fingerprint density at radius 1 is 0.902 bits per heavy atom. The molecular weight excluding hydrogens is 577 g/mol. The van der Waals surface area contributed by atoms with Gasteiger partial charge in [-0.3, -0.25) is 0 Å². The van der Waals surface area contributed by atoms with Gasteiger partial charge in [0.05, 0.1) is 12.7 Å². The number of ether oxygens (including phenoxy) is 3. The van der Waals surface area contributed by atoms with Crippen LogP contribution < -0.4 is 5.19 Å². The van der Waals surface area contributed by atoms with Crippen molar-refractivity contribution in [3.63, 3.8) is 0 Å². The maximum Gasteiger partial charge on any atom is 0.288 e. The van der Waals surface area contributed by atoms with E-state index in [2.05, 4.69) is 10.0 Å². The largest absolute Gasteiger partial charge is 0.394 e. The number of hydrogen-bond acceptors (Lipinski definition) is 11. The van der Waals surface area contributed by atoms with Gasteiger partial charge < -0.3 is 49.0 Å². The molecule has 232 valence electrons. The summed E-state index contributed by atoms with van der Waals surface area (Å²) in [6, 6.07) is 7.17. The van der Waals surface area contributed by atoms with Crippen molar-refractivity contribution in [3.05, 3.63) is 34.7 Å². The topological polar surface area (TPSA) is 198 Å². The summed E-state index contributed by atoms with van der Waals surface area (Å²) in [5.74, 6) is 0.111. The summed E-state index contributed by atoms with van der Waals surface area (Å²) < 4.78 is 33.6. The van der Waals surface area contributed by atoms with Gasteiger partial charge in [-0.1, -0.05) is 58.8 Å². The normalized spacial score (nSPS) is 35.1. The SMILES string of the molecule is CC(C)(C)[Si](F)(c1ccc(SCC2O[C@@H](N=[N+]=[N-])C(O)C(O)[C@@H]2O[C@@H]2OC(CO)[C@H](O)C(O)C2O)cc1)C(C)(C)C. The maximum absolute atomic E-state index is 16.7. The zero-order valence-corrected chi connectivity index (χ0v) is 25.8. The molecule has 12 nitrogen and oxygen atoms in total. The molecule has 0 radical (unpaired) electrons. The molecule has 2 saturated heterocycles. The average Bonchev–Trinajstić information content (AvgIpc) is 2.90. The first-order valence-electron chi connectivity index (χ1n) is 13.4. The lowest BCUT2D eigenvalue weighted by Crippen LogP contribution is -2.64. The van der Waals surface area contributed by atoms with E-state index < -0.39 is 86.4 Å². The summed E-state index contributed by atoms with van der Waals surface area (Å²) in [4.78, 5) is 3.41. The van der Waals surface area contributed by atoms with Gasteiger partial charge in [0, 0.05) is 15.6 Å². The monoisotopic (exact) mass is 619 g/mol. The molecule has 2 fully saturated rings. The number of aliphatic hydroxyl groups is 6. The lowest BCUT2D eigenvalue weighted by Gasteiger charge is -2.45. The molecule has 2 aliphatic rings. The van der Waals surface area contributed by atoms with Crippen molar-refractivity contribution in [1.29, 1.82) is 0 Å². The van der Waals surface area contributed by atoms with E-state index in [0.29, 0.717) is 5.19 Å². The van der Waals surface area contributed by atoms with Crippen LogP contribution in [0.1, 0.15) is 41.5 Å². The van der Waals surface area contributed by atoms with Crippen molar-refractivity contribution in [3.8, 4) is 0 Å². The minimum Gasteiger partial charge on any atom is -0.394 e. The second kappa shape index (κ2) is 13.1. The highest BCUT2D eigenvalue weighted by molar-refractivity contribution is 7.99. The molecule has 15 heteroatoms. The van der Waals surface area contributed by atoms with E-state index in [1.165, 1.54) is 11.8 Å². The molecular formula is C26H42FN3O9SSi. The minimum absolute atomic E-state index is 0.111. The number of nitrogens with zero attached hydrogens (tertiary/aromatic N) is 3. The molecule has 0 aliphatic carbocycles. The van der Waals surface area contributed by atoms with E-state index in [1.807, 2.05) is 41.5 Å². The van der Waals surface area contributed by atoms with Gasteiger partial charge in [0.2, 0.25) is 0 Å². The van der Waals surface area contributed by atoms with Gasteiger partial charge in [0.15, 0.2) is 12.5 Å². The number of aliphatic hydroxyl groups excluding tert-OH is 6. The Labute approximate surface area is 244 Å². The Kier molecular flexibility index (Phi) is 10.9. The fraction of sp³-hybridized carbons (Fsp3) is 0.769. The number of benzene rings is 1. The fourth-order valence-corrected chi connectivity index (χ4v) is 11.2. The molecule has 0 spiro atoms. The Morgan fingerprint density at radius 3 is 2.00 bits per heavy atom. The fourth-order valence-electron chi connectivity index (χ4n) is 5.65. The lowest BCUT2D eigenvalue weighted by molar-refractivity contribution is -0.338. The summed E-state index contributed by atoms with van der Waals surface area (Å²) in [5, 5.41) is 64.4. The minimum atomic E-state index is -3.46. The van der Waals surface area contributed by atoms with E-state index in [-0.39, 0.29) is 5.75 Å². The van der Waals surface area contributed by atoms with Crippen LogP contribution >= 0.6 is 11.8 Å². The summed E-state index contributed by atoms with van der Waals surface area (Å²) in [7, 11) is -3.46. The Balaban J connectivity index is 1.83. The van der Waals surface area contributed by atoms with Gasteiger partial charge >= 0.3 is 0 Å². The van der Waals surface area contributed by atoms with Crippen LogP contribution in [0.3, 0.4) is 0 Å². The third-order valence-electron chi connectivity index (χ3n) is 7.70. The van der Waals surface area contributed by atoms with E-state index >= 15 is 4.11 Å². The summed E-state index contributed by atoms with van der Waals surface area (Å²) in [5.41, 5.74) is 8.89. The van der Waals surface area contributed by atoms with Crippen LogP contribution in [0.15, 0.2) is 34.3 Å². The first kappa shape index (κ1) is 34.2. The van der Waals surface area contributed by atoms with Crippen LogP contribution in [-0.2, 0) is 14.2 Å². The molecule has 0 amide bonds. The highest BCUT2D eigenvalue weighted by atomic mass is 32.2. The van der Waals surface area contributed by atoms with Crippen LogP contribution in [-0.4, -0.2) is 113 Å². The molecule has 0 saturated carbocycles. The molecule has 41 heavy (non-hydrogen) atoms. The standard InChI is InChI=1S/C26H42FN3O9SSi/c1-25(2,3)41(27,26(4,5)6)14-9-7-13(8-10-14)40-12-16-22(19(34)20(35)23(37-16)29-30-28)39-24-21(36)18(33)17(32)15(11-31)38-24/h7-10,15-24,31-36H,11-12H2,1-6H3/t15?,16?,17-,18?,19?,20?,21?,22+,23+,24-/m0/s1. The molecule has 6 N–H and O–H groups in total. The number of thioether (sulfide) groups is 1. The molecule has 3 rings (SSSR count). The van der Waals surface area contributed by atoms with E-state index in [0.717, 1.165) is 4.90 Å². The van der Waals surface area contributed by atoms with Gasteiger partial charge in [0.25, 0.3) is 8.41 Å². The van der Waals surface area contributed by atoms with Gasteiger partial charge in [-0.05, 0) is 32.9 Å². The van der Waals surface area contributed by atoms with Crippen molar-refractivity contribution in [1.82, 2.24) is 0 Å². The van der Waals surface area contributed by atoms with E-state index in [4.69, 9.17) is 19.7 Å². The maximum atomic E-state index is 16.7. The third kappa shape index (κ3) is 6.92. The molecule has 0 bridgehead atoms. The zero-order valence-electron chi connectivity index (χ0n) is 24.0. The van der Waals surface area contributed by atoms with Crippen molar-refractivity contribution in [2.45, 2.75) is 118 Å². The quantitative estimate of drug-likeness (QED) is 0.0618. The van der Waals surface area contributed by atoms with Crippen molar-refractivity contribution in [2.24, 2.45) is 5.11 Å². The molecule has 2 heterocycles. The average molecular weight is 620 g/mol. The van der Waals surface area contributed by atoms with Gasteiger partial charge in [-0.2, -0.15) is 0 Å². The van der Waals surface area contributed by atoms with Gasteiger partial charge in [0.1, 0.15) is 42.7 Å². The van der Waals surface area contributed by atoms with Crippen LogP contribution in [0, 0.1) is 0 Å². The molecule has 1 aromatic rings. The third-order valence-corrected chi connectivity index (χ3v) is 14.1. The van der Waals surface area contributed by atoms with E-state index in [9.17, 15) is 30.6 Å².